The quantitative estimate of drug-likeness (QED) is 0.664. The number of hydrogen-bond acceptors (Lipinski definition) is 1. The second-order valence-corrected chi connectivity index (χ2v) is 2.19. The molecule has 0 saturated heterocycles. The zero-order chi connectivity index (χ0) is 7.56. The van der Waals surface area contributed by atoms with E-state index < -0.39 is 5.97 Å². The maximum atomic E-state index is 10.3. The van der Waals surface area contributed by atoms with Crippen LogP contribution in [0.15, 0.2) is 24.3 Å². The molecule has 0 saturated carbocycles. The molecule has 1 rings (SSSR count). The van der Waals surface area contributed by atoms with Gasteiger partial charge in [-0.15, -0.1) is 0 Å². The average molecular weight is 181 g/mol. The van der Waals surface area contributed by atoms with E-state index in [0.29, 0.717) is 0 Å². The van der Waals surface area contributed by atoms with Crippen LogP contribution in [-0.2, 0) is 0 Å². The molecule has 0 heterocycles. The summed E-state index contributed by atoms with van der Waals surface area (Å²) in [6, 6.07) is 6.33. The molecule has 0 bridgehead atoms. The summed E-state index contributed by atoms with van der Waals surface area (Å²) in [6.07, 6.45) is 0. The number of hydrogen-bond donors (Lipinski definition) is 1. The molecule has 0 unspecified atom stereocenters. The number of rotatable bonds is 1. The van der Waals surface area contributed by atoms with Crippen LogP contribution in [0.25, 0.3) is 0 Å². The second-order valence-electron chi connectivity index (χ2n) is 1.78. The number of carboxylic acid groups (broad SMARTS) is 1. The molecular weight excluding hydrogens is 175 g/mol. The molecule has 1 aromatic rings. The van der Waals surface area contributed by atoms with Gasteiger partial charge in [0.2, 0.25) is 0 Å². The van der Waals surface area contributed by atoms with Crippen LogP contribution in [0.2, 0.25) is 5.02 Å². The minimum atomic E-state index is -0.995. The molecule has 1 aromatic carbocycles. The molecule has 4 heteroatoms. The summed E-state index contributed by atoms with van der Waals surface area (Å²) in [6.45, 7) is 0. The molecular formula is C7H6ClNaO2. The van der Waals surface area contributed by atoms with E-state index in [2.05, 4.69) is 0 Å². The van der Waals surface area contributed by atoms with Gasteiger partial charge in [-0.1, -0.05) is 23.7 Å². The first-order valence-corrected chi connectivity index (χ1v) is 3.07. The summed E-state index contributed by atoms with van der Waals surface area (Å²) in [5.74, 6) is -0.995. The van der Waals surface area contributed by atoms with Crippen LogP contribution in [0.3, 0.4) is 0 Å². The molecule has 0 aromatic heterocycles. The Balaban J connectivity index is 0.000001000. The van der Waals surface area contributed by atoms with Crippen molar-refractivity contribution in [3.05, 3.63) is 34.9 Å². The Bertz CT molecular complexity index is 262. The van der Waals surface area contributed by atoms with Crippen molar-refractivity contribution in [3.63, 3.8) is 0 Å². The van der Waals surface area contributed by atoms with E-state index in [9.17, 15) is 4.79 Å². The van der Waals surface area contributed by atoms with Crippen molar-refractivity contribution in [2.45, 2.75) is 0 Å². The van der Waals surface area contributed by atoms with Crippen LogP contribution in [0.4, 0.5) is 0 Å². The number of benzene rings is 1. The number of halogens is 1. The fraction of sp³-hybridized carbons (Fsp3) is 0. The van der Waals surface area contributed by atoms with Crippen LogP contribution >= 0.6 is 11.6 Å². The second kappa shape index (κ2) is 4.78. The van der Waals surface area contributed by atoms with E-state index in [0.717, 1.165) is 0 Å². The Kier molecular flexibility index (Phi) is 4.77. The number of aromatic carboxylic acids is 1. The SMILES string of the molecule is O=C(O)c1ccccc1Cl.[NaH]. The van der Waals surface area contributed by atoms with E-state index in [-0.39, 0.29) is 40.1 Å². The van der Waals surface area contributed by atoms with Crippen LogP contribution in [-0.4, -0.2) is 40.6 Å². The first kappa shape index (κ1) is 11.0. The zero-order valence-electron chi connectivity index (χ0n) is 5.04. The standard InChI is InChI=1S/C7H5ClO2.Na.H/c8-6-4-2-1-3-5(6)7(9)10;;/h1-4H,(H,9,10);;. The van der Waals surface area contributed by atoms with Gasteiger partial charge < -0.3 is 5.11 Å². The van der Waals surface area contributed by atoms with Crippen molar-refractivity contribution in [2.75, 3.05) is 0 Å². The number of carbonyl (C=O) groups is 1. The topological polar surface area (TPSA) is 37.3 Å². The first-order valence-electron chi connectivity index (χ1n) is 2.69. The predicted molar refractivity (Wildman–Crippen MR) is 45.6 cm³/mol. The van der Waals surface area contributed by atoms with Gasteiger partial charge in [0.1, 0.15) is 0 Å². The molecule has 0 atom stereocenters. The van der Waals surface area contributed by atoms with E-state index in [1.54, 1.807) is 18.2 Å². The molecule has 0 aliphatic carbocycles. The number of carboxylic acids is 1. The van der Waals surface area contributed by atoms with Gasteiger partial charge in [0, 0.05) is 0 Å². The average Bonchev–Trinajstić information content (AvgIpc) is 1.88. The van der Waals surface area contributed by atoms with Crippen LogP contribution < -0.4 is 0 Å². The zero-order valence-corrected chi connectivity index (χ0v) is 5.80. The maximum absolute atomic E-state index is 10.3. The Morgan fingerprint density at radius 3 is 2.27 bits per heavy atom. The molecule has 0 spiro atoms. The van der Waals surface area contributed by atoms with E-state index >= 15 is 0 Å². The minimum absolute atomic E-state index is 0. The van der Waals surface area contributed by atoms with Gasteiger partial charge in [-0.3, -0.25) is 0 Å². The summed E-state index contributed by atoms with van der Waals surface area (Å²) >= 11 is 5.54. The normalized spacial score (nSPS) is 8.45. The van der Waals surface area contributed by atoms with Gasteiger partial charge in [-0.25, -0.2) is 4.79 Å². The summed E-state index contributed by atoms with van der Waals surface area (Å²) in [5.41, 5.74) is 0.143. The fourth-order valence-corrected chi connectivity index (χ4v) is 0.851. The Labute approximate surface area is 91.5 Å². The Morgan fingerprint density at radius 2 is 1.91 bits per heavy atom. The van der Waals surface area contributed by atoms with Crippen LogP contribution in [0.1, 0.15) is 10.4 Å². The van der Waals surface area contributed by atoms with Crippen molar-refractivity contribution in [1.82, 2.24) is 0 Å². The van der Waals surface area contributed by atoms with Gasteiger partial charge in [0.15, 0.2) is 0 Å². The van der Waals surface area contributed by atoms with Crippen molar-refractivity contribution in [1.29, 1.82) is 0 Å². The third kappa shape index (κ3) is 2.83. The van der Waals surface area contributed by atoms with Gasteiger partial charge >= 0.3 is 35.5 Å². The first-order chi connectivity index (χ1) is 4.72. The van der Waals surface area contributed by atoms with E-state index in [1.165, 1.54) is 6.07 Å². The molecule has 0 aliphatic rings. The molecule has 0 aliphatic heterocycles. The van der Waals surface area contributed by atoms with E-state index in [1.807, 2.05) is 0 Å². The molecule has 2 nitrogen and oxygen atoms in total. The van der Waals surface area contributed by atoms with Crippen LogP contribution in [0, 0.1) is 0 Å². The molecule has 0 amide bonds. The molecule has 54 valence electrons. The fourth-order valence-electron chi connectivity index (χ4n) is 0.635. The van der Waals surface area contributed by atoms with Crippen molar-refractivity contribution < 1.29 is 9.90 Å². The summed E-state index contributed by atoms with van der Waals surface area (Å²) < 4.78 is 0. The van der Waals surface area contributed by atoms with E-state index in [4.69, 9.17) is 16.7 Å². The molecule has 11 heavy (non-hydrogen) atoms. The molecule has 0 fully saturated rings. The third-order valence-corrected chi connectivity index (χ3v) is 1.43. The van der Waals surface area contributed by atoms with Gasteiger partial charge in [0.25, 0.3) is 0 Å². The van der Waals surface area contributed by atoms with Gasteiger partial charge in [-0.05, 0) is 12.1 Å². The monoisotopic (exact) mass is 180 g/mol. The van der Waals surface area contributed by atoms with Crippen molar-refractivity contribution in [2.24, 2.45) is 0 Å². The Morgan fingerprint density at radius 1 is 1.36 bits per heavy atom. The molecule has 1 N–H and O–H groups in total. The van der Waals surface area contributed by atoms with Gasteiger partial charge in [0.05, 0.1) is 10.6 Å². The molecule has 0 radical (unpaired) electrons. The summed E-state index contributed by atoms with van der Waals surface area (Å²) in [5, 5.41) is 8.75. The Hall–Kier alpha value is -0.0200. The van der Waals surface area contributed by atoms with Crippen molar-refractivity contribution in [3.8, 4) is 0 Å². The van der Waals surface area contributed by atoms with Crippen molar-refractivity contribution >= 4 is 47.1 Å². The third-order valence-electron chi connectivity index (χ3n) is 1.10. The summed E-state index contributed by atoms with van der Waals surface area (Å²) in [7, 11) is 0. The van der Waals surface area contributed by atoms with Crippen LogP contribution in [0.5, 0.6) is 0 Å². The summed E-state index contributed by atoms with van der Waals surface area (Å²) in [4.78, 5) is 10.3. The predicted octanol–water partition coefficient (Wildman–Crippen LogP) is 1.39. The van der Waals surface area contributed by atoms with Gasteiger partial charge in [-0.2, -0.15) is 0 Å².